The van der Waals surface area contributed by atoms with Crippen molar-refractivity contribution in [3.05, 3.63) is 24.0 Å². The van der Waals surface area contributed by atoms with Crippen molar-refractivity contribution in [2.75, 3.05) is 36.5 Å². The summed E-state index contributed by atoms with van der Waals surface area (Å²) >= 11 is 0. The van der Waals surface area contributed by atoms with Crippen LogP contribution in [0.3, 0.4) is 0 Å². The van der Waals surface area contributed by atoms with Gasteiger partial charge in [0.25, 0.3) is 5.91 Å². The molecule has 0 saturated carbocycles. The Balaban J connectivity index is 1.62. The molecule has 2 fully saturated rings. The molecule has 0 unspecified atom stereocenters. The first-order valence-electron chi connectivity index (χ1n) is 8.72. The molecule has 3 rings (SSSR count). The van der Waals surface area contributed by atoms with E-state index in [1.165, 1.54) is 6.07 Å². The molecule has 0 radical (unpaired) electrons. The SMILES string of the molecule is C[C@H](OC[C@H]1CCCO1)C(=O)Nc1c(F)cccc1N1CCCC1. The summed E-state index contributed by atoms with van der Waals surface area (Å²) in [7, 11) is 0. The van der Waals surface area contributed by atoms with E-state index in [2.05, 4.69) is 10.2 Å². The van der Waals surface area contributed by atoms with Gasteiger partial charge in [0.15, 0.2) is 0 Å². The maximum atomic E-state index is 14.3. The lowest BCUT2D eigenvalue weighted by molar-refractivity contribution is -0.128. The van der Waals surface area contributed by atoms with Crippen LogP contribution in [0.5, 0.6) is 0 Å². The lowest BCUT2D eigenvalue weighted by Crippen LogP contribution is -2.31. The normalized spacial score (nSPS) is 21.9. The number of nitrogens with zero attached hydrogens (tertiary/aromatic N) is 1. The summed E-state index contributed by atoms with van der Waals surface area (Å²) in [5.41, 5.74) is 0.990. The van der Waals surface area contributed by atoms with Gasteiger partial charge >= 0.3 is 0 Å². The molecule has 132 valence electrons. The first kappa shape index (κ1) is 17.2. The van der Waals surface area contributed by atoms with Gasteiger partial charge in [0.05, 0.1) is 18.4 Å². The Morgan fingerprint density at radius 2 is 2.21 bits per heavy atom. The van der Waals surface area contributed by atoms with E-state index < -0.39 is 11.9 Å². The molecule has 0 aliphatic carbocycles. The fraction of sp³-hybridized carbons (Fsp3) is 0.611. The van der Waals surface area contributed by atoms with Gasteiger partial charge in [0.2, 0.25) is 0 Å². The lowest BCUT2D eigenvalue weighted by atomic mass is 10.2. The number of para-hydroxylation sites is 1. The zero-order valence-corrected chi connectivity index (χ0v) is 14.1. The lowest BCUT2D eigenvalue weighted by Gasteiger charge is -2.23. The second kappa shape index (κ2) is 7.94. The summed E-state index contributed by atoms with van der Waals surface area (Å²) in [5, 5.41) is 2.71. The molecule has 2 heterocycles. The van der Waals surface area contributed by atoms with Crippen LogP contribution in [-0.4, -0.2) is 44.4 Å². The predicted molar refractivity (Wildman–Crippen MR) is 90.9 cm³/mol. The van der Waals surface area contributed by atoms with Gasteiger partial charge in [-0.25, -0.2) is 4.39 Å². The molecule has 1 N–H and O–H groups in total. The van der Waals surface area contributed by atoms with E-state index in [9.17, 15) is 9.18 Å². The average molecular weight is 336 g/mol. The summed E-state index contributed by atoms with van der Waals surface area (Å²) in [4.78, 5) is 14.5. The number of ether oxygens (including phenoxy) is 2. The fourth-order valence-electron chi connectivity index (χ4n) is 3.19. The van der Waals surface area contributed by atoms with E-state index in [4.69, 9.17) is 9.47 Å². The number of benzene rings is 1. The van der Waals surface area contributed by atoms with Crippen LogP contribution in [-0.2, 0) is 14.3 Å². The first-order valence-corrected chi connectivity index (χ1v) is 8.72. The van der Waals surface area contributed by atoms with Crippen molar-refractivity contribution in [3.63, 3.8) is 0 Å². The number of rotatable bonds is 6. The Labute approximate surface area is 142 Å². The Morgan fingerprint density at radius 1 is 1.42 bits per heavy atom. The molecule has 0 spiro atoms. The van der Waals surface area contributed by atoms with Crippen molar-refractivity contribution >= 4 is 17.3 Å². The van der Waals surface area contributed by atoms with Gasteiger partial charge in [0, 0.05) is 19.7 Å². The highest BCUT2D eigenvalue weighted by atomic mass is 19.1. The Kier molecular flexibility index (Phi) is 5.68. The molecule has 5 nitrogen and oxygen atoms in total. The van der Waals surface area contributed by atoms with Crippen molar-refractivity contribution in [1.82, 2.24) is 0 Å². The van der Waals surface area contributed by atoms with E-state index in [0.29, 0.717) is 6.61 Å². The maximum absolute atomic E-state index is 14.3. The van der Waals surface area contributed by atoms with E-state index in [-0.39, 0.29) is 17.7 Å². The molecule has 2 aliphatic rings. The molecule has 0 aromatic heterocycles. The molecule has 1 aromatic rings. The standard InChI is InChI=1S/C18H25FN2O3/c1-13(24-12-14-6-5-11-23-14)18(22)20-17-15(19)7-4-8-16(17)21-9-2-3-10-21/h4,7-8,13-14H,2-3,5-6,9-12H2,1H3,(H,20,22)/t13-,14+/m0/s1. The number of carbonyl (C=O) groups excluding carboxylic acids is 1. The molecule has 2 saturated heterocycles. The molecular weight excluding hydrogens is 311 g/mol. The van der Waals surface area contributed by atoms with Crippen molar-refractivity contribution in [2.45, 2.75) is 44.8 Å². The van der Waals surface area contributed by atoms with Crippen LogP contribution in [0.15, 0.2) is 18.2 Å². The van der Waals surface area contributed by atoms with Gasteiger partial charge in [-0.3, -0.25) is 4.79 Å². The van der Waals surface area contributed by atoms with Crippen LogP contribution in [0, 0.1) is 5.82 Å². The van der Waals surface area contributed by atoms with Gasteiger partial charge < -0.3 is 19.7 Å². The van der Waals surface area contributed by atoms with Crippen LogP contribution in [0.4, 0.5) is 15.8 Å². The fourth-order valence-corrected chi connectivity index (χ4v) is 3.19. The zero-order chi connectivity index (χ0) is 16.9. The van der Waals surface area contributed by atoms with Gasteiger partial charge in [-0.15, -0.1) is 0 Å². The molecule has 0 bridgehead atoms. The number of amides is 1. The summed E-state index contributed by atoms with van der Waals surface area (Å²) in [6.07, 6.45) is 3.58. The number of carbonyl (C=O) groups is 1. The Hall–Kier alpha value is -1.66. The highest BCUT2D eigenvalue weighted by Crippen LogP contribution is 2.31. The van der Waals surface area contributed by atoms with Gasteiger partial charge in [-0.1, -0.05) is 6.07 Å². The van der Waals surface area contributed by atoms with Crippen LogP contribution in [0.2, 0.25) is 0 Å². The molecule has 6 heteroatoms. The number of anilines is 2. The largest absolute Gasteiger partial charge is 0.376 e. The van der Waals surface area contributed by atoms with Crippen molar-refractivity contribution in [2.24, 2.45) is 0 Å². The molecule has 24 heavy (non-hydrogen) atoms. The number of halogens is 1. The number of hydrogen-bond donors (Lipinski definition) is 1. The van der Waals surface area contributed by atoms with E-state index in [1.54, 1.807) is 13.0 Å². The highest BCUT2D eigenvalue weighted by Gasteiger charge is 2.23. The van der Waals surface area contributed by atoms with Crippen LogP contribution < -0.4 is 10.2 Å². The Morgan fingerprint density at radius 3 is 2.92 bits per heavy atom. The predicted octanol–water partition coefficient (Wildman–Crippen LogP) is 2.95. The monoisotopic (exact) mass is 336 g/mol. The minimum absolute atomic E-state index is 0.0638. The van der Waals surface area contributed by atoms with Crippen LogP contribution in [0.1, 0.15) is 32.6 Å². The number of hydrogen-bond acceptors (Lipinski definition) is 4. The third-order valence-electron chi connectivity index (χ3n) is 4.61. The van der Waals surface area contributed by atoms with Crippen molar-refractivity contribution in [3.8, 4) is 0 Å². The highest BCUT2D eigenvalue weighted by molar-refractivity contribution is 5.97. The van der Waals surface area contributed by atoms with Gasteiger partial charge in [-0.05, 0) is 44.7 Å². The topological polar surface area (TPSA) is 50.8 Å². The summed E-state index contributed by atoms with van der Waals surface area (Å²) in [5.74, 6) is -0.752. The minimum Gasteiger partial charge on any atom is -0.376 e. The molecular formula is C18H25FN2O3. The van der Waals surface area contributed by atoms with Crippen molar-refractivity contribution in [1.29, 1.82) is 0 Å². The average Bonchev–Trinajstić information content (AvgIpc) is 3.27. The van der Waals surface area contributed by atoms with Gasteiger partial charge in [0.1, 0.15) is 17.6 Å². The van der Waals surface area contributed by atoms with E-state index in [0.717, 1.165) is 51.1 Å². The van der Waals surface area contributed by atoms with Crippen LogP contribution in [0.25, 0.3) is 0 Å². The minimum atomic E-state index is -0.653. The van der Waals surface area contributed by atoms with Crippen molar-refractivity contribution < 1.29 is 18.7 Å². The first-order chi connectivity index (χ1) is 11.6. The van der Waals surface area contributed by atoms with Gasteiger partial charge in [-0.2, -0.15) is 0 Å². The second-order valence-electron chi connectivity index (χ2n) is 6.43. The third-order valence-corrected chi connectivity index (χ3v) is 4.61. The molecule has 2 atom stereocenters. The summed E-state index contributed by atoms with van der Waals surface area (Å²) in [6, 6.07) is 4.89. The van der Waals surface area contributed by atoms with E-state index in [1.807, 2.05) is 6.07 Å². The molecule has 1 amide bonds. The molecule has 1 aromatic carbocycles. The van der Waals surface area contributed by atoms with E-state index >= 15 is 0 Å². The quantitative estimate of drug-likeness (QED) is 0.868. The third kappa shape index (κ3) is 4.05. The van der Waals surface area contributed by atoms with Crippen LogP contribution >= 0.6 is 0 Å². The zero-order valence-electron chi connectivity index (χ0n) is 14.1. The summed E-state index contributed by atoms with van der Waals surface area (Å²) in [6.45, 7) is 4.60. The smallest absolute Gasteiger partial charge is 0.253 e. The summed E-state index contributed by atoms with van der Waals surface area (Å²) < 4.78 is 25.3. The second-order valence-corrected chi connectivity index (χ2v) is 6.43. The Bertz CT molecular complexity index is 569. The number of nitrogens with one attached hydrogen (secondary N) is 1. The molecule has 2 aliphatic heterocycles. The maximum Gasteiger partial charge on any atom is 0.253 e.